The molecule has 3 aromatic rings. The third-order valence-corrected chi connectivity index (χ3v) is 4.68. The van der Waals surface area contributed by atoms with Gasteiger partial charge >= 0.3 is 0 Å². The van der Waals surface area contributed by atoms with Crippen LogP contribution in [0.3, 0.4) is 0 Å². The van der Waals surface area contributed by atoms with Crippen molar-refractivity contribution in [1.82, 2.24) is 29.9 Å². The molecule has 0 spiro atoms. The van der Waals surface area contributed by atoms with Crippen LogP contribution in [0, 0.1) is 13.8 Å². The van der Waals surface area contributed by atoms with Crippen LogP contribution in [0.1, 0.15) is 17.0 Å². The number of hydrogen-bond acceptors (Lipinski definition) is 7. The summed E-state index contributed by atoms with van der Waals surface area (Å²) in [6.45, 7) is 4.86. The summed E-state index contributed by atoms with van der Waals surface area (Å²) in [4.78, 5) is 15.5. The van der Waals surface area contributed by atoms with Gasteiger partial charge in [0.05, 0.1) is 25.0 Å². The van der Waals surface area contributed by atoms with Crippen LogP contribution >= 0.6 is 0 Å². The fraction of sp³-hybridized carbons (Fsp3) is 0.353. The summed E-state index contributed by atoms with van der Waals surface area (Å²) in [7, 11) is 1.78. The summed E-state index contributed by atoms with van der Waals surface area (Å²) in [5.41, 5.74) is 2.55. The van der Waals surface area contributed by atoms with Crippen molar-refractivity contribution < 1.29 is 5.11 Å². The molecule has 0 unspecified atom stereocenters. The topological polar surface area (TPSA) is 92.8 Å². The zero-order valence-corrected chi connectivity index (χ0v) is 14.4. The minimum Gasteiger partial charge on any atom is -0.380 e. The SMILES string of the molecule is Cc1nc(-c2cccnc2)nc(N2CC(O)(c3cnnn3C)C2)c1C. The highest BCUT2D eigenvalue weighted by molar-refractivity contribution is 5.61. The summed E-state index contributed by atoms with van der Waals surface area (Å²) in [6, 6.07) is 3.81. The molecule has 128 valence electrons. The summed E-state index contributed by atoms with van der Waals surface area (Å²) >= 11 is 0. The van der Waals surface area contributed by atoms with Gasteiger partial charge in [-0.05, 0) is 26.0 Å². The molecule has 0 bridgehead atoms. The van der Waals surface area contributed by atoms with Gasteiger partial charge in [-0.15, -0.1) is 5.10 Å². The van der Waals surface area contributed by atoms with Gasteiger partial charge < -0.3 is 10.0 Å². The monoisotopic (exact) mass is 337 g/mol. The minimum atomic E-state index is -0.960. The van der Waals surface area contributed by atoms with E-state index >= 15 is 0 Å². The molecule has 4 rings (SSSR count). The van der Waals surface area contributed by atoms with Crippen LogP contribution in [-0.2, 0) is 12.6 Å². The number of nitrogens with zero attached hydrogens (tertiary/aromatic N) is 7. The number of aryl methyl sites for hydroxylation is 2. The Morgan fingerprint density at radius 1 is 1.16 bits per heavy atom. The second-order valence-corrected chi connectivity index (χ2v) is 6.45. The summed E-state index contributed by atoms with van der Waals surface area (Å²) in [5, 5.41) is 18.6. The molecule has 0 atom stereocenters. The first-order valence-corrected chi connectivity index (χ1v) is 8.06. The molecule has 25 heavy (non-hydrogen) atoms. The Labute approximate surface area is 145 Å². The molecule has 4 heterocycles. The lowest BCUT2D eigenvalue weighted by Gasteiger charge is -2.47. The predicted molar refractivity (Wildman–Crippen MR) is 91.8 cm³/mol. The average molecular weight is 337 g/mol. The molecule has 0 amide bonds. The Kier molecular flexibility index (Phi) is 3.50. The molecule has 8 heteroatoms. The molecule has 1 fully saturated rings. The van der Waals surface area contributed by atoms with E-state index < -0.39 is 5.60 Å². The highest BCUT2D eigenvalue weighted by Gasteiger charge is 2.46. The zero-order valence-electron chi connectivity index (χ0n) is 14.4. The van der Waals surface area contributed by atoms with Gasteiger partial charge in [0.25, 0.3) is 0 Å². The Balaban J connectivity index is 1.66. The zero-order chi connectivity index (χ0) is 17.6. The lowest BCUT2D eigenvalue weighted by molar-refractivity contribution is -0.000574. The van der Waals surface area contributed by atoms with Crippen molar-refractivity contribution in [2.75, 3.05) is 18.0 Å². The van der Waals surface area contributed by atoms with Gasteiger partial charge in [0.15, 0.2) is 5.82 Å². The van der Waals surface area contributed by atoms with Crippen molar-refractivity contribution in [3.05, 3.63) is 47.7 Å². The number of rotatable bonds is 3. The van der Waals surface area contributed by atoms with Gasteiger partial charge in [-0.3, -0.25) is 4.98 Å². The Morgan fingerprint density at radius 3 is 2.60 bits per heavy atom. The van der Waals surface area contributed by atoms with Gasteiger partial charge in [-0.25, -0.2) is 14.6 Å². The van der Waals surface area contributed by atoms with Gasteiger partial charge in [0, 0.05) is 36.3 Å². The summed E-state index contributed by atoms with van der Waals surface area (Å²) < 4.78 is 1.61. The third-order valence-electron chi connectivity index (χ3n) is 4.68. The molecular weight excluding hydrogens is 318 g/mol. The maximum Gasteiger partial charge on any atom is 0.163 e. The van der Waals surface area contributed by atoms with Crippen LogP contribution in [0.5, 0.6) is 0 Å². The van der Waals surface area contributed by atoms with Crippen LogP contribution in [0.2, 0.25) is 0 Å². The molecular formula is C17H19N7O. The van der Waals surface area contributed by atoms with E-state index in [2.05, 4.69) is 25.2 Å². The number of aliphatic hydroxyl groups is 1. The van der Waals surface area contributed by atoms with Crippen LogP contribution in [0.25, 0.3) is 11.4 Å². The highest BCUT2D eigenvalue weighted by Crippen LogP contribution is 2.36. The van der Waals surface area contributed by atoms with E-state index in [0.29, 0.717) is 24.6 Å². The largest absolute Gasteiger partial charge is 0.380 e. The summed E-state index contributed by atoms with van der Waals surface area (Å²) in [6.07, 6.45) is 5.08. The van der Waals surface area contributed by atoms with Crippen molar-refractivity contribution in [2.45, 2.75) is 19.4 Å². The quantitative estimate of drug-likeness (QED) is 0.762. The van der Waals surface area contributed by atoms with Crippen LogP contribution in [0.15, 0.2) is 30.7 Å². The highest BCUT2D eigenvalue weighted by atomic mass is 16.3. The van der Waals surface area contributed by atoms with Gasteiger partial charge in [-0.1, -0.05) is 5.21 Å². The minimum absolute atomic E-state index is 0.442. The van der Waals surface area contributed by atoms with Gasteiger partial charge in [-0.2, -0.15) is 0 Å². The number of pyridine rings is 1. The normalized spacial score (nSPS) is 15.9. The molecule has 1 saturated heterocycles. The number of anilines is 1. The first-order chi connectivity index (χ1) is 12.0. The second kappa shape index (κ2) is 5.59. The molecule has 3 aromatic heterocycles. The number of β-amino-alcohol motifs (C(OH)–C–C–N with tert-alkyl or cyclic N) is 1. The number of hydrogen-bond donors (Lipinski definition) is 1. The maximum absolute atomic E-state index is 10.8. The van der Waals surface area contributed by atoms with Crippen LogP contribution in [0.4, 0.5) is 5.82 Å². The molecule has 0 aromatic carbocycles. The first-order valence-electron chi connectivity index (χ1n) is 8.06. The Hall–Kier alpha value is -2.87. The fourth-order valence-electron chi connectivity index (χ4n) is 3.15. The first kappa shape index (κ1) is 15.6. The molecule has 1 aliphatic heterocycles. The Morgan fingerprint density at radius 2 is 1.96 bits per heavy atom. The molecule has 1 aliphatic rings. The van der Waals surface area contributed by atoms with Crippen molar-refractivity contribution in [3.63, 3.8) is 0 Å². The van der Waals surface area contributed by atoms with E-state index in [1.54, 1.807) is 30.3 Å². The van der Waals surface area contributed by atoms with Crippen molar-refractivity contribution in [1.29, 1.82) is 0 Å². The van der Waals surface area contributed by atoms with E-state index in [-0.39, 0.29) is 0 Å². The third kappa shape index (κ3) is 2.54. The van der Waals surface area contributed by atoms with Crippen LogP contribution < -0.4 is 4.90 Å². The lowest BCUT2D eigenvalue weighted by Crippen LogP contribution is -2.60. The standard InChI is InChI=1S/C17H19N7O/c1-11-12(2)20-15(13-5-4-6-18-7-13)21-16(11)24-9-17(25,10-24)14-8-19-22-23(14)3/h4-8,25H,9-10H2,1-3H3. The smallest absolute Gasteiger partial charge is 0.163 e. The van der Waals surface area contributed by atoms with Crippen LogP contribution in [-0.4, -0.2) is 48.1 Å². The van der Waals surface area contributed by atoms with Gasteiger partial charge in [0.2, 0.25) is 0 Å². The van der Waals surface area contributed by atoms with Crippen molar-refractivity contribution >= 4 is 5.82 Å². The molecule has 8 nitrogen and oxygen atoms in total. The molecule has 1 N–H and O–H groups in total. The average Bonchev–Trinajstić information content (AvgIpc) is 3.02. The predicted octanol–water partition coefficient (Wildman–Crippen LogP) is 0.992. The second-order valence-electron chi connectivity index (χ2n) is 6.45. The van der Waals surface area contributed by atoms with E-state index in [1.807, 2.05) is 26.0 Å². The van der Waals surface area contributed by atoms with E-state index in [9.17, 15) is 5.11 Å². The fourth-order valence-corrected chi connectivity index (χ4v) is 3.15. The van der Waals surface area contributed by atoms with E-state index in [4.69, 9.17) is 4.98 Å². The Bertz CT molecular complexity index is 916. The van der Waals surface area contributed by atoms with Crippen molar-refractivity contribution in [3.8, 4) is 11.4 Å². The maximum atomic E-state index is 10.8. The molecule has 0 radical (unpaired) electrons. The number of aromatic nitrogens is 6. The van der Waals surface area contributed by atoms with Gasteiger partial charge in [0.1, 0.15) is 11.4 Å². The molecule has 0 saturated carbocycles. The van der Waals surface area contributed by atoms with E-state index in [0.717, 1.165) is 22.6 Å². The van der Waals surface area contributed by atoms with E-state index in [1.165, 1.54) is 0 Å². The molecule has 0 aliphatic carbocycles. The van der Waals surface area contributed by atoms with Crippen molar-refractivity contribution in [2.24, 2.45) is 7.05 Å². The lowest BCUT2D eigenvalue weighted by atomic mass is 9.90. The summed E-state index contributed by atoms with van der Waals surface area (Å²) in [5.74, 6) is 1.48.